The molecule has 1 aliphatic heterocycles. The fourth-order valence-electron chi connectivity index (χ4n) is 2.95. The van der Waals surface area contributed by atoms with Gasteiger partial charge < -0.3 is 25.7 Å². The standard InChI is InChI=1S/C19H29N7O/c1-19(2,3)24-23-17-16(20)18(22-13-21-17)26-11-9-25(10-12-26)14-5-7-15(27-4)8-6-14/h5-8,13,24H,9-12,20H2,1-4H3,(H,21,22,23). The number of nitrogens with two attached hydrogens (primary N) is 1. The Morgan fingerprint density at radius 1 is 1.00 bits per heavy atom. The number of anilines is 4. The molecule has 1 fully saturated rings. The lowest BCUT2D eigenvalue weighted by molar-refractivity contribution is 0.415. The molecule has 0 atom stereocenters. The van der Waals surface area contributed by atoms with Gasteiger partial charge in [0, 0.05) is 37.4 Å². The first-order chi connectivity index (χ1) is 12.9. The molecule has 0 bridgehead atoms. The van der Waals surface area contributed by atoms with Crippen LogP contribution in [0.25, 0.3) is 0 Å². The number of hydrazine groups is 1. The second-order valence-corrected chi connectivity index (χ2v) is 7.63. The lowest BCUT2D eigenvalue weighted by Gasteiger charge is -2.37. The smallest absolute Gasteiger partial charge is 0.169 e. The maximum atomic E-state index is 6.32. The van der Waals surface area contributed by atoms with Gasteiger partial charge in [-0.2, -0.15) is 0 Å². The maximum absolute atomic E-state index is 6.32. The average Bonchev–Trinajstić information content (AvgIpc) is 2.67. The van der Waals surface area contributed by atoms with Gasteiger partial charge in [-0.1, -0.05) is 0 Å². The Kier molecular flexibility index (Phi) is 5.55. The van der Waals surface area contributed by atoms with E-state index < -0.39 is 0 Å². The molecule has 1 aromatic carbocycles. The number of piperazine rings is 1. The number of aromatic nitrogens is 2. The van der Waals surface area contributed by atoms with Crippen molar-refractivity contribution in [1.82, 2.24) is 15.4 Å². The Bertz CT molecular complexity index is 750. The van der Waals surface area contributed by atoms with Crippen LogP contribution in [0.3, 0.4) is 0 Å². The van der Waals surface area contributed by atoms with E-state index in [0.717, 1.165) is 37.7 Å². The van der Waals surface area contributed by atoms with Crippen LogP contribution in [-0.4, -0.2) is 48.8 Å². The van der Waals surface area contributed by atoms with Crippen LogP contribution in [-0.2, 0) is 0 Å². The lowest BCUT2D eigenvalue weighted by Crippen LogP contribution is -2.47. The van der Waals surface area contributed by atoms with E-state index in [1.54, 1.807) is 13.4 Å². The van der Waals surface area contributed by atoms with E-state index in [1.165, 1.54) is 5.69 Å². The van der Waals surface area contributed by atoms with Crippen molar-refractivity contribution in [2.24, 2.45) is 0 Å². The number of ether oxygens (including phenoxy) is 1. The Morgan fingerprint density at radius 3 is 2.22 bits per heavy atom. The summed E-state index contributed by atoms with van der Waals surface area (Å²) in [5, 5.41) is 0. The number of benzene rings is 1. The minimum atomic E-state index is -0.0957. The van der Waals surface area contributed by atoms with Crippen LogP contribution in [0.2, 0.25) is 0 Å². The first kappa shape index (κ1) is 19.0. The Morgan fingerprint density at radius 2 is 1.63 bits per heavy atom. The summed E-state index contributed by atoms with van der Waals surface area (Å²) in [7, 11) is 1.68. The minimum Gasteiger partial charge on any atom is -0.497 e. The predicted octanol–water partition coefficient (Wildman–Crippen LogP) is 2.11. The molecule has 0 saturated carbocycles. The highest BCUT2D eigenvalue weighted by Crippen LogP contribution is 2.28. The third-order valence-corrected chi connectivity index (χ3v) is 4.44. The van der Waals surface area contributed by atoms with E-state index in [1.807, 2.05) is 12.1 Å². The van der Waals surface area contributed by atoms with E-state index >= 15 is 0 Å². The zero-order valence-corrected chi connectivity index (χ0v) is 16.5. The van der Waals surface area contributed by atoms with E-state index in [9.17, 15) is 0 Å². The van der Waals surface area contributed by atoms with Gasteiger partial charge in [0.2, 0.25) is 0 Å². The molecule has 1 saturated heterocycles. The van der Waals surface area contributed by atoms with Crippen molar-refractivity contribution in [3.63, 3.8) is 0 Å². The number of methoxy groups -OCH3 is 1. The van der Waals surface area contributed by atoms with Gasteiger partial charge in [0.05, 0.1) is 7.11 Å². The number of hydrogen-bond donors (Lipinski definition) is 3. The molecule has 146 valence electrons. The number of nitrogens with one attached hydrogen (secondary N) is 2. The largest absolute Gasteiger partial charge is 0.497 e. The number of nitrogens with zero attached hydrogens (tertiary/aromatic N) is 4. The molecule has 0 spiro atoms. The predicted molar refractivity (Wildman–Crippen MR) is 110 cm³/mol. The molecule has 4 N–H and O–H groups in total. The summed E-state index contributed by atoms with van der Waals surface area (Å²) in [5.41, 5.74) is 14.3. The SMILES string of the molecule is COc1ccc(N2CCN(c3ncnc(NNC(C)(C)C)c3N)CC2)cc1. The first-order valence-electron chi connectivity index (χ1n) is 9.15. The van der Waals surface area contributed by atoms with Crippen LogP contribution < -0.4 is 31.1 Å². The quantitative estimate of drug-likeness (QED) is 0.689. The van der Waals surface area contributed by atoms with E-state index in [-0.39, 0.29) is 5.54 Å². The summed E-state index contributed by atoms with van der Waals surface area (Å²) in [6, 6.07) is 8.16. The first-order valence-corrected chi connectivity index (χ1v) is 9.15. The van der Waals surface area contributed by atoms with Crippen molar-refractivity contribution in [3.8, 4) is 5.75 Å². The van der Waals surface area contributed by atoms with Crippen molar-refractivity contribution in [3.05, 3.63) is 30.6 Å². The van der Waals surface area contributed by atoms with Gasteiger partial charge in [-0.3, -0.25) is 0 Å². The summed E-state index contributed by atoms with van der Waals surface area (Å²) in [4.78, 5) is 13.2. The molecule has 0 radical (unpaired) electrons. The van der Waals surface area contributed by atoms with E-state index in [2.05, 4.69) is 63.5 Å². The zero-order valence-electron chi connectivity index (χ0n) is 16.5. The summed E-state index contributed by atoms with van der Waals surface area (Å²) in [5.74, 6) is 2.25. The molecule has 1 aliphatic rings. The molecule has 8 heteroatoms. The topological polar surface area (TPSA) is 91.6 Å². The highest BCUT2D eigenvalue weighted by Gasteiger charge is 2.22. The normalized spacial score (nSPS) is 15.0. The van der Waals surface area contributed by atoms with Crippen LogP contribution >= 0.6 is 0 Å². The van der Waals surface area contributed by atoms with Gasteiger partial charge in [-0.25, -0.2) is 15.4 Å². The highest BCUT2D eigenvalue weighted by atomic mass is 16.5. The Hall–Kier alpha value is -2.74. The molecule has 0 amide bonds. The van der Waals surface area contributed by atoms with Gasteiger partial charge in [-0.05, 0) is 45.0 Å². The monoisotopic (exact) mass is 371 g/mol. The van der Waals surface area contributed by atoms with Gasteiger partial charge in [0.15, 0.2) is 11.6 Å². The van der Waals surface area contributed by atoms with Gasteiger partial charge in [0.25, 0.3) is 0 Å². The fourth-order valence-corrected chi connectivity index (χ4v) is 2.95. The zero-order chi connectivity index (χ0) is 19.4. The number of hydrogen-bond acceptors (Lipinski definition) is 8. The third kappa shape index (κ3) is 4.71. The molecular weight excluding hydrogens is 342 g/mol. The van der Waals surface area contributed by atoms with E-state index in [4.69, 9.17) is 10.5 Å². The summed E-state index contributed by atoms with van der Waals surface area (Å²) in [6.45, 7) is 9.69. The fraction of sp³-hybridized carbons (Fsp3) is 0.474. The summed E-state index contributed by atoms with van der Waals surface area (Å²) in [6.07, 6.45) is 1.55. The number of nitrogen functional groups attached to an aromatic ring is 1. The van der Waals surface area contributed by atoms with Gasteiger partial charge >= 0.3 is 0 Å². The summed E-state index contributed by atoms with van der Waals surface area (Å²) < 4.78 is 5.23. The summed E-state index contributed by atoms with van der Waals surface area (Å²) >= 11 is 0. The van der Waals surface area contributed by atoms with Crippen LogP contribution in [0.4, 0.5) is 23.0 Å². The van der Waals surface area contributed by atoms with Crippen molar-refractivity contribution < 1.29 is 4.74 Å². The van der Waals surface area contributed by atoms with Crippen LogP contribution in [0.5, 0.6) is 5.75 Å². The molecule has 8 nitrogen and oxygen atoms in total. The van der Waals surface area contributed by atoms with Gasteiger partial charge in [-0.15, -0.1) is 0 Å². The average molecular weight is 371 g/mol. The molecule has 27 heavy (non-hydrogen) atoms. The van der Waals surface area contributed by atoms with Crippen LogP contribution in [0.15, 0.2) is 30.6 Å². The van der Waals surface area contributed by atoms with Crippen molar-refractivity contribution in [2.45, 2.75) is 26.3 Å². The third-order valence-electron chi connectivity index (χ3n) is 4.44. The van der Waals surface area contributed by atoms with Crippen LogP contribution in [0.1, 0.15) is 20.8 Å². The molecule has 2 aromatic rings. The van der Waals surface area contributed by atoms with Gasteiger partial charge in [0.1, 0.15) is 17.8 Å². The van der Waals surface area contributed by atoms with Crippen molar-refractivity contribution in [2.75, 3.05) is 54.2 Å². The van der Waals surface area contributed by atoms with Crippen LogP contribution in [0, 0.1) is 0 Å². The van der Waals surface area contributed by atoms with Crippen molar-refractivity contribution in [1.29, 1.82) is 0 Å². The molecule has 0 aliphatic carbocycles. The second-order valence-electron chi connectivity index (χ2n) is 7.63. The maximum Gasteiger partial charge on any atom is 0.169 e. The lowest BCUT2D eigenvalue weighted by atomic mass is 10.1. The Labute approximate surface area is 160 Å². The number of rotatable bonds is 5. The molecular formula is C19H29N7O. The minimum absolute atomic E-state index is 0.0957. The molecule has 2 heterocycles. The molecule has 1 aromatic heterocycles. The molecule has 0 unspecified atom stereocenters. The second kappa shape index (κ2) is 7.87. The molecule has 3 rings (SSSR count). The van der Waals surface area contributed by atoms with E-state index in [0.29, 0.717) is 11.5 Å². The highest BCUT2D eigenvalue weighted by molar-refractivity contribution is 5.75. The van der Waals surface area contributed by atoms with Crippen molar-refractivity contribution >= 4 is 23.0 Å². The Balaban J connectivity index is 1.65.